The van der Waals surface area contributed by atoms with Gasteiger partial charge in [-0.05, 0) is 42.9 Å². The molecule has 5 rings (SSSR count). The van der Waals surface area contributed by atoms with Crippen LogP contribution in [0.5, 0.6) is 11.5 Å². The number of carbonyl (C=O) groups excluding carboxylic acids is 1. The Balaban J connectivity index is 1.41. The number of amides is 1. The van der Waals surface area contributed by atoms with E-state index >= 15 is 0 Å². The molecule has 3 heterocycles. The lowest BCUT2D eigenvalue weighted by Crippen LogP contribution is -2.15. The number of anilines is 1. The van der Waals surface area contributed by atoms with Gasteiger partial charge < -0.3 is 14.8 Å². The van der Waals surface area contributed by atoms with Crippen LogP contribution in [-0.2, 0) is 24.1 Å². The third-order valence-corrected chi connectivity index (χ3v) is 8.25. The van der Waals surface area contributed by atoms with Crippen molar-refractivity contribution in [1.82, 2.24) is 19.6 Å². The van der Waals surface area contributed by atoms with E-state index in [1.165, 1.54) is 28.6 Å². The van der Waals surface area contributed by atoms with Crippen molar-refractivity contribution in [3.63, 3.8) is 0 Å². The van der Waals surface area contributed by atoms with E-state index in [2.05, 4.69) is 29.4 Å². The number of fused-ring (bicyclic) bond motifs is 5. The molecule has 1 aromatic carbocycles. The molecule has 0 spiro atoms. The minimum Gasteiger partial charge on any atom is -0.497 e. The number of ether oxygens (including phenoxy) is 2. The maximum atomic E-state index is 12.7. The first kappa shape index (κ1) is 22.9. The summed E-state index contributed by atoms with van der Waals surface area (Å²) in [4.78, 5) is 20.2. The number of hydrogen-bond donors (Lipinski definition) is 1. The summed E-state index contributed by atoms with van der Waals surface area (Å²) in [6, 6.07) is 5.29. The van der Waals surface area contributed by atoms with Gasteiger partial charge in [0.05, 0.1) is 31.0 Å². The zero-order chi connectivity index (χ0) is 23.8. The number of rotatable bonds is 7. The Kier molecular flexibility index (Phi) is 6.35. The van der Waals surface area contributed by atoms with E-state index in [1.807, 2.05) is 4.40 Å². The minimum atomic E-state index is -0.154. The zero-order valence-electron chi connectivity index (χ0n) is 19.7. The summed E-state index contributed by atoms with van der Waals surface area (Å²) >= 11 is 3.16. The fraction of sp³-hybridized carbons (Fsp3) is 0.417. The van der Waals surface area contributed by atoms with Crippen LogP contribution in [-0.4, -0.2) is 45.5 Å². The van der Waals surface area contributed by atoms with E-state index in [0.29, 0.717) is 28.3 Å². The standard InChI is InChI=1S/C24H27N5O3S2/c1-5-19-26-23-21(15-8-6-13(2)10-18(15)34-23)22-27-28-24(29(19)22)33-12-20(30)25-16-9-7-14(31-3)11-17(16)32-4/h7,9,11,13H,5-6,8,10,12H2,1-4H3,(H,25,30)/t13-/m0/s1. The molecule has 0 bridgehead atoms. The molecule has 178 valence electrons. The first-order valence-electron chi connectivity index (χ1n) is 11.3. The van der Waals surface area contributed by atoms with Crippen LogP contribution in [0.25, 0.3) is 15.9 Å². The topological polar surface area (TPSA) is 90.6 Å². The Hall–Kier alpha value is -2.85. The molecule has 4 aromatic rings. The van der Waals surface area contributed by atoms with Gasteiger partial charge in [-0.3, -0.25) is 9.20 Å². The van der Waals surface area contributed by atoms with E-state index in [0.717, 1.165) is 41.0 Å². The highest BCUT2D eigenvalue weighted by atomic mass is 32.2. The summed E-state index contributed by atoms with van der Waals surface area (Å²) in [6.07, 6.45) is 4.10. The van der Waals surface area contributed by atoms with Gasteiger partial charge in [-0.1, -0.05) is 25.6 Å². The lowest BCUT2D eigenvalue weighted by atomic mass is 9.89. The molecule has 0 fully saturated rings. The fourth-order valence-corrected chi connectivity index (χ4v) is 6.57. The average Bonchev–Trinajstić information content (AvgIpc) is 3.42. The first-order valence-corrected chi connectivity index (χ1v) is 13.2. The Morgan fingerprint density at radius 2 is 2.15 bits per heavy atom. The van der Waals surface area contributed by atoms with Gasteiger partial charge in [-0.15, -0.1) is 21.5 Å². The summed E-state index contributed by atoms with van der Waals surface area (Å²) in [5.41, 5.74) is 2.83. The Morgan fingerprint density at radius 3 is 2.91 bits per heavy atom. The van der Waals surface area contributed by atoms with Crippen molar-refractivity contribution in [2.45, 2.75) is 44.7 Å². The normalized spacial score (nSPS) is 15.5. The Bertz CT molecular complexity index is 1380. The molecule has 0 saturated heterocycles. The number of aryl methyl sites for hydroxylation is 2. The molecule has 8 nitrogen and oxygen atoms in total. The molecule has 0 saturated carbocycles. The molecule has 0 aliphatic heterocycles. The number of nitrogens with zero attached hydrogens (tertiary/aromatic N) is 4. The van der Waals surface area contributed by atoms with E-state index in [4.69, 9.17) is 14.5 Å². The third kappa shape index (κ3) is 4.09. The summed E-state index contributed by atoms with van der Waals surface area (Å²) in [5, 5.41) is 13.7. The molecular weight excluding hydrogens is 470 g/mol. The molecule has 3 aromatic heterocycles. The predicted molar refractivity (Wildman–Crippen MR) is 136 cm³/mol. The third-order valence-electron chi connectivity index (χ3n) is 6.17. The van der Waals surface area contributed by atoms with Crippen molar-refractivity contribution in [3.05, 3.63) is 34.5 Å². The lowest BCUT2D eigenvalue weighted by molar-refractivity contribution is -0.113. The number of aromatic nitrogens is 4. The van der Waals surface area contributed by atoms with Crippen LogP contribution in [0.4, 0.5) is 5.69 Å². The van der Waals surface area contributed by atoms with Gasteiger partial charge in [0.25, 0.3) is 0 Å². The second-order valence-electron chi connectivity index (χ2n) is 8.46. The maximum Gasteiger partial charge on any atom is 0.234 e. The van der Waals surface area contributed by atoms with E-state index < -0.39 is 0 Å². The van der Waals surface area contributed by atoms with Gasteiger partial charge in [-0.2, -0.15) is 0 Å². The fourth-order valence-electron chi connectivity index (χ4n) is 4.43. The predicted octanol–water partition coefficient (Wildman–Crippen LogP) is 4.77. The number of methoxy groups -OCH3 is 2. The first-order chi connectivity index (χ1) is 16.5. The molecule has 1 aliphatic rings. The Labute approximate surface area is 206 Å². The van der Waals surface area contributed by atoms with Crippen molar-refractivity contribution in [2.24, 2.45) is 5.92 Å². The van der Waals surface area contributed by atoms with Crippen molar-refractivity contribution in [2.75, 3.05) is 25.3 Å². The lowest BCUT2D eigenvalue weighted by Gasteiger charge is -2.17. The van der Waals surface area contributed by atoms with Crippen molar-refractivity contribution < 1.29 is 14.3 Å². The quantitative estimate of drug-likeness (QED) is 0.368. The molecule has 1 aliphatic carbocycles. The number of nitrogens with one attached hydrogen (secondary N) is 1. The minimum absolute atomic E-state index is 0.154. The van der Waals surface area contributed by atoms with E-state index in [9.17, 15) is 4.79 Å². The monoisotopic (exact) mass is 497 g/mol. The number of thiophene rings is 1. The summed E-state index contributed by atoms with van der Waals surface area (Å²) in [6.45, 7) is 4.40. The number of hydrogen-bond acceptors (Lipinski definition) is 8. The summed E-state index contributed by atoms with van der Waals surface area (Å²) < 4.78 is 12.6. The van der Waals surface area contributed by atoms with Gasteiger partial charge in [-0.25, -0.2) is 4.98 Å². The van der Waals surface area contributed by atoms with Crippen LogP contribution >= 0.6 is 23.1 Å². The molecule has 0 unspecified atom stereocenters. The maximum absolute atomic E-state index is 12.7. The van der Waals surface area contributed by atoms with Crippen LogP contribution in [0.15, 0.2) is 23.4 Å². The largest absolute Gasteiger partial charge is 0.497 e. The summed E-state index contributed by atoms with van der Waals surface area (Å²) in [5.74, 6) is 2.86. The molecule has 34 heavy (non-hydrogen) atoms. The van der Waals surface area contributed by atoms with E-state index in [-0.39, 0.29) is 11.7 Å². The zero-order valence-corrected chi connectivity index (χ0v) is 21.3. The number of thioether (sulfide) groups is 1. The number of carbonyl (C=O) groups is 1. The van der Waals surface area contributed by atoms with E-state index in [1.54, 1.807) is 43.8 Å². The highest BCUT2D eigenvalue weighted by molar-refractivity contribution is 7.99. The average molecular weight is 498 g/mol. The smallest absolute Gasteiger partial charge is 0.234 e. The molecule has 1 atom stereocenters. The van der Waals surface area contributed by atoms with Crippen molar-refractivity contribution in [3.8, 4) is 11.5 Å². The van der Waals surface area contributed by atoms with Crippen molar-refractivity contribution >= 4 is 50.6 Å². The second kappa shape index (κ2) is 9.42. The van der Waals surface area contributed by atoms with Crippen LogP contribution in [0.1, 0.15) is 36.5 Å². The van der Waals surface area contributed by atoms with Crippen LogP contribution in [0.3, 0.4) is 0 Å². The van der Waals surface area contributed by atoms with Gasteiger partial charge in [0.15, 0.2) is 10.8 Å². The van der Waals surface area contributed by atoms with Crippen LogP contribution in [0.2, 0.25) is 0 Å². The van der Waals surface area contributed by atoms with Gasteiger partial charge in [0.1, 0.15) is 22.2 Å². The highest BCUT2D eigenvalue weighted by Gasteiger charge is 2.25. The van der Waals surface area contributed by atoms with Crippen LogP contribution < -0.4 is 14.8 Å². The Morgan fingerprint density at radius 1 is 1.29 bits per heavy atom. The summed E-state index contributed by atoms with van der Waals surface area (Å²) in [7, 11) is 3.15. The molecule has 10 heteroatoms. The number of benzene rings is 1. The second-order valence-corrected chi connectivity index (χ2v) is 10.5. The molecular formula is C24H27N5O3S2. The molecule has 1 N–H and O–H groups in total. The van der Waals surface area contributed by atoms with Crippen molar-refractivity contribution in [1.29, 1.82) is 0 Å². The van der Waals surface area contributed by atoms with Gasteiger partial charge in [0, 0.05) is 17.4 Å². The highest BCUT2D eigenvalue weighted by Crippen LogP contribution is 2.39. The molecule has 0 radical (unpaired) electrons. The van der Waals surface area contributed by atoms with Gasteiger partial charge >= 0.3 is 0 Å². The van der Waals surface area contributed by atoms with Gasteiger partial charge in [0.2, 0.25) is 5.91 Å². The van der Waals surface area contributed by atoms with Crippen LogP contribution in [0, 0.1) is 5.92 Å². The molecule has 1 amide bonds. The SMILES string of the molecule is CCc1nc2sc3c(c2c2nnc(SCC(=O)Nc4ccc(OC)cc4OC)n12)CC[C@H](C)C3.